The lowest BCUT2D eigenvalue weighted by Gasteiger charge is -2.21. The van der Waals surface area contributed by atoms with E-state index in [9.17, 15) is 9.18 Å². The topological polar surface area (TPSA) is 66.3 Å². The summed E-state index contributed by atoms with van der Waals surface area (Å²) in [5.41, 5.74) is 2.64. The maximum absolute atomic E-state index is 13.5. The number of halogens is 1. The molecule has 0 aliphatic carbocycles. The number of amides is 1. The Labute approximate surface area is 198 Å². The number of aromatic nitrogens is 3. The van der Waals surface area contributed by atoms with Gasteiger partial charge in [-0.25, -0.2) is 4.39 Å². The molecule has 3 aromatic rings. The SMILES string of the molecule is CC(c1nnc(SCC(=O)Nc2ccccc2N2CCCC2)n1-c1ccc(F)cc1)N(C)C. The second-order valence-corrected chi connectivity index (χ2v) is 9.28. The molecule has 2 aromatic carbocycles. The van der Waals surface area contributed by atoms with Gasteiger partial charge in [0.25, 0.3) is 0 Å². The van der Waals surface area contributed by atoms with E-state index in [1.807, 2.05) is 54.8 Å². The first kappa shape index (κ1) is 23.3. The maximum atomic E-state index is 13.5. The molecule has 1 amide bonds. The van der Waals surface area contributed by atoms with Gasteiger partial charge in [-0.1, -0.05) is 23.9 Å². The predicted molar refractivity (Wildman–Crippen MR) is 131 cm³/mol. The molecular weight excluding hydrogens is 439 g/mol. The number of anilines is 2. The van der Waals surface area contributed by atoms with E-state index in [1.165, 1.54) is 36.7 Å². The first-order chi connectivity index (χ1) is 15.9. The van der Waals surface area contributed by atoms with Crippen LogP contribution in [-0.4, -0.2) is 58.5 Å². The molecular formula is C24H29FN6OS. The lowest BCUT2D eigenvalue weighted by molar-refractivity contribution is -0.113. The maximum Gasteiger partial charge on any atom is 0.234 e. The first-order valence-electron chi connectivity index (χ1n) is 11.1. The van der Waals surface area contributed by atoms with E-state index < -0.39 is 0 Å². The van der Waals surface area contributed by atoms with Crippen LogP contribution in [0.15, 0.2) is 53.7 Å². The average Bonchev–Trinajstić information content (AvgIpc) is 3.48. The fourth-order valence-electron chi connectivity index (χ4n) is 3.84. The van der Waals surface area contributed by atoms with Gasteiger partial charge in [0.1, 0.15) is 5.82 Å². The van der Waals surface area contributed by atoms with E-state index >= 15 is 0 Å². The van der Waals surface area contributed by atoms with Gasteiger partial charge in [-0.2, -0.15) is 0 Å². The second kappa shape index (κ2) is 10.4. The molecule has 33 heavy (non-hydrogen) atoms. The van der Waals surface area contributed by atoms with Gasteiger partial charge in [-0.05, 0) is 70.3 Å². The van der Waals surface area contributed by atoms with Crippen LogP contribution in [0.5, 0.6) is 0 Å². The summed E-state index contributed by atoms with van der Waals surface area (Å²) in [5, 5.41) is 12.4. The van der Waals surface area contributed by atoms with Crippen LogP contribution in [0.1, 0.15) is 31.6 Å². The first-order valence-corrected chi connectivity index (χ1v) is 12.1. The molecule has 0 spiro atoms. The van der Waals surface area contributed by atoms with Gasteiger partial charge in [-0.3, -0.25) is 14.3 Å². The fourth-order valence-corrected chi connectivity index (χ4v) is 4.60. The number of nitrogens with zero attached hydrogens (tertiary/aromatic N) is 5. The molecule has 0 saturated carbocycles. The highest BCUT2D eigenvalue weighted by molar-refractivity contribution is 7.99. The molecule has 1 aromatic heterocycles. The summed E-state index contributed by atoms with van der Waals surface area (Å²) >= 11 is 1.31. The fraction of sp³-hybridized carbons (Fsp3) is 0.375. The van der Waals surface area contributed by atoms with Crippen LogP contribution in [0.25, 0.3) is 5.69 Å². The van der Waals surface area contributed by atoms with Gasteiger partial charge in [0, 0.05) is 18.8 Å². The Morgan fingerprint density at radius 2 is 1.82 bits per heavy atom. The smallest absolute Gasteiger partial charge is 0.234 e. The largest absolute Gasteiger partial charge is 0.370 e. The Balaban J connectivity index is 1.52. The molecule has 1 N–H and O–H groups in total. The molecule has 9 heteroatoms. The third-order valence-corrected chi connectivity index (χ3v) is 6.78. The Morgan fingerprint density at radius 3 is 2.52 bits per heavy atom. The summed E-state index contributed by atoms with van der Waals surface area (Å²) in [6.45, 7) is 4.05. The van der Waals surface area contributed by atoms with Crippen molar-refractivity contribution in [2.45, 2.75) is 31.0 Å². The van der Waals surface area contributed by atoms with Gasteiger partial charge in [0.15, 0.2) is 11.0 Å². The molecule has 1 aliphatic rings. The number of hydrogen-bond acceptors (Lipinski definition) is 6. The van der Waals surface area contributed by atoms with E-state index in [-0.39, 0.29) is 23.5 Å². The van der Waals surface area contributed by atoms with E-state index in [0.717, 1.165) is 36.0 Å². The molecule has 2 heterocycles. The van der Waals surface area contributed by atoms with E-state index in [4.69, 9.17) is 0 Å². The van der Waals surface area contributed by atoms with E-state index in [2.05, 4.69) is 20.4 Å². The lowest BCUT2D eigenvalue weighted by atomic mass is 10.2. The van der Waals surface area contributed by atoms with Crippen LogP contribution < -0.4 is 10.2 Å². The minimum absolute atomic E-state index is 0.0157. The Bertz CT molecular complexity index is 1090. The summed E-state index contributed by atoms with van der Waals surface area (Å²) in [5.74, 6) is 0.500. The third kappa shape index (κ3) is 5.36. The zero-order valence-electron chi connectivity index (χ0n) is 19.2. The van der Waals surface area contributed by atoms with Crippen LogP contribution in [0.4, 0.5) is 15.8 Å². The van der Waals surface area contributed by atoms with Crippen molar-refractivity contribution in [1.29, 1.82) is 0 Å². The van der Waals surface area contributed by atoms with Crippen molar-refractivity contribution >= 4 is 29.0 Å². The van der Waals surface area contributed by atoms with Crippen LogP contribution >= 0.6 is 11.8 Å². The van der Waals surface area contributed by atoms with Crippen molar-refractivity contribution in [2.24, 2.45) is 0 Å². The molecule has 1 unspecified atom stereocenters. The normalized spacial score (nSPS) is 14.6. The minimum Gasteiger partial charge on any atom is -0.370 e. The highest BCUT2D eigenvalue weighted by atomic mass is 32.2. The number of rotatable bonds is 8. The Hall–Kier alpha value is -2.91. The molecule has 1 atom stereocenters. The Kier molecular flexibility index (Phi) is 7.29. The quantitative estimate of drug-likeness (QED) is 0.496. The predicted octanol–water partition coefficient (Wildman–Crippen LogP) is 4.36. The molecule has 0 bridgehead atoms. The van der Waals surface area contributed by atoms with Crippen LogP contribution in [-0.2, 0) is 4.79 Å². The second-order valence-electron chi connectivity index (χ2n) is 8.34. The van der Waals surface area contributed by atoms with Crippen LogP contribution in [0.3, 0.4) is 0 Å². The minimum atomic E-state index is -0.306. The average molecular weight is 469 g/mol. The van der Waals surface area contributed by atoms with E-state index in [1.54, 1.807) is 12.1 Å². The van der Waals surface area contributed by atoms with Gasteiger partial charge in [-0.15, -0.1) is 10.2 Å². The summed E-state index contributed by atoms with van der Waals surface area (Å²) in [6.07, 6.45) is 2.34. The number of nitrogens with one attached hydrogen (secondary N) is 1. The lowest BCUT2D eigenvalue weighted by Crippen LogP contribution is -2.22. The van der Waals surface area contributed by atoms with Crippen molar-refractivity contribution in [3.63, 3.8) is 0 Å². The van der Waals surface area contributed by atoms with Crippen molar-refractivity contribution < 1.29 is 9.18 Å². The van der Waals surface area contributed by atoms with Crippen molar-refractivity contribution in [2.75, 3.05) is 43.2 Å². The van der Waals surface area contributed by atoms with Crippen LogP contribution in [0.2, 0.25) is 0 Å². The highest BCUT2D eigenvalue weighted by Crippen LogP contribution is 2.30. The number of para-hydroxylation sites is 2. The van der Waals surface area contributed by atoms with Gasteiger partial charge >= 0.3 is 0 Å². The van der Waals surface area contributed by atoms with Gasteiger partial charge < -0.3 is 10.2 Å². The van der Waals surface area contributed by atoms with Gasteiger partial charge in [0.2, 0.25) is 5.91 Å². The molecule has 1 saturated heterocycles. The van der Waals surface area contributed by atoms with Crippen LogP contribution in [0, 0.1) is 5.82 Å². The summed E-state index contributed by atoms with van der Waals surface area (Å²) in [6, 6.07) is 14.1. The number of thioether (sulfide) groups is 1. The molecule has 0 radical (unpaired) electrons. The molecule has 1 fully saturated rings. The zero-order chi connectivity index (χ0) is 23.4. The van der Waals surface area contributed by atoms with Crippen molar-refractivity contribution in [3.8, 4) is 5.69 Å². The summed E-state index contributed by atoms with van der Waals surface area (Å²) in [7, 11) is 3.93. The molecule has 174 valence electrons. The van der Waals surface area contributed by atoms with E-state index in [0.29, 0.717) is 5.16 Å². The summed E-state index contributed by atoms with van der Waals surface area (Å²) in [4.78, 5) is 17.2. The highest BCUT2D eigenvalue weighted by Gasteiger charge is 2.22. The Morgan fingerprint density at radius 1 is 1.12 bits per heavy atom. The number of carbonyl (C=O) groups excluding carboxylic acids is 1. The molecule has 4 rings (SSSR count). The molecule has 1 aliphatic heterocycles. The standard InChI is InChI=1S/C24H29FN6OS/c1-17(29(2)3)23-27-28-24(31(23)19-12-10-18(25)11-13-19)33-16-22(32)26-20-8-4-5-9-21(20)30-14-6-7-15-30/h4-5,8-13,17H,6-7,14-16H2,1-3H3,(H,26,32). The van der Waals surface area contributed by atoms with Gasteiger partial charge in [0.05, 0.1) is 23.2 Å². The third-order valence-electron chi connectivity index (χ3n) is 5.85. The summed E-state index contributed by atoms with van der Waals surface area (Å²) < 4.78 is 15.4. The number of hydrogen-bond donors (Lipinski definition) is 1. The van der Waals surface area contributed by atoms with Crippen molar-refractivity contribution in [1.82, 2.24) is 19.7 Å². The molecule has 7 nitrogen and oxygen atoms in total. The van der Waals surface area contributed by atoms with Crippen molar-refractivity contribution in [3.05, 3.63) is 60.2 Å². The number of benzene rings is 2. The monoisotopic (exact) mass is 468 g/mol. The zero-order valence-corrected chi connectivity index (χ0v) is 20.0. The number of carbonyl (C=O) groups is 1.